The summed E-state index contributed by atoms with van der Waals surface area (Å²) >= 11 is 17.9. The molecule has 35 heavy (non-hydrogen) atoms. The zero-order chi connectivity index (χ0) is 25.5. The van der Waals surface area contributed by atoms with Crippen LogP contribution in [0.3, 0.4) is 0 Å². The van der Waals surface area contributed by atoms with Crippen LogP contribution in [0.4, 0.5) is 11.4 Å². The second-order valence-corrected chi connectivity index (χ2v) is 8.21. The largest absolute Gasteiger partial charge is 0.493 e. The lowest BCUT2D eigenvalue weighted by atomic mass is 10.2. The molecule has 3 rings (SSSR count). The van der Waals surface area contributed by atoms with Crippen molar-refractivity contribution in [3.8, 4) is 11.5 Å². The molecule has 1 amide bonds. The van der Waals surface area contributed by atoms with Gasteiger partial charge in [-0.25, -0.2) is 4.79 Å². The van der Waals surface area contributed by atoms with Crippen molar-refractivity contribution >= 4 is 58.1 Å². The summed E-state index contributed by atoms with van der Waals surface area (Å²) in [7, 11) is 1.40. The van der Waals surface area contributed by atoms with E-state index >= 15 is 0 Å². The molecule has 0 aliphatic carbocycles. The number of ether oxygens (including phenoxy) is 3. The molecule has 0 aliphatic rings. The van der Waals surface area contributed by atoms with Crippen molar-refractivity contribution in [3.05, 3.63) is 90.9 Å². The number of halogens is 3. The molecule has 0 atom stereocenters. The van der Waals surface area contributed by atoms with E-state index in [-0.39, 0.29) is 34.3 Å². The Morgan fingerprint density at radius 2 is 1.69 bits per heavy atom. The Kier molecular flexibility index (Phi) is 8.75. The summed E-state index contributed by atoms with van der Waals surface area (Å²) in [5.74, 6) is -0.994. The number of carbonyl (C=O) groups is 2. The minimum absolute atomic E-state index is 0.0975. The average Bonchev–Trinajstić information content (AvgIpc) is 2.81. The predicted molar refractivity (Wildman–Crippen MR) is 131 cm³/mol. The van der Waals surface area contributed by atoms with Crippen molar-refractivity contribution in [1.29, 1.82) is 0 Å². The molecule has 3 aromatic carbocycles. The van der Waals surface area contributed by atoms with Crippen LogP contribution >= 0.6 is 34.8 Å². The molecule has 0 aromatic heterocycles. The van der Waals surface area contributed by atoms with Gasteiger partial charge >= 0.3 is 5.97 Å². The van der Waals surface area contributed by atoms with Crippen LogP contribution in [-0.4, -0.2) is 30.5 Å². The molecular formula is C23H17Cl3N2O7. The van der Waals surface area contributed by atoms with Crippen molar-refractivity contribution in [2.75, 3.05) is 19.0 Å². The Labute approximate surface area is 214 Å². The van der Waals surface area contributed by atoms with E-state index in [0.717, 1.165) is 6.07 Å². The van der Waals surface area contributed by atoms with Gasteiger partial charge in [0.15, 0.2) is 18.1 Å². The molecule has 1 N–H and O–H groups in total. The standard InChI is InChI=1S/C23H17Cl3N2O7/c1-33-21-8-13(3-7-20(21)34-11-14-2-4-15(24)9-17(14)26)23(30)35-12-22(29)27-18-10-16(25)5-6-19(18)28(31)32/h2-10H,11-12H2,1H3,(H,27,29). The first-order chi connectivity index (χ1) is 16.7. The lowest BCUT2D eigenvalue weighted by Gasteiger charge is -2.13. The predicted octanol–water partition coefficient (Wildman–Crippen LogP) is 5.94. The van der Waals surface area contributed by atoms with Gasteiger partial charge in [-0.2, -0.15) is 0 Å². The SMILES string of the molecule is COc1cc(C(=O)OCC(=O)Nc2cc(Cl)ccc2[N+](=O)[O-])ccc1OCc1ccc(Cl)cc1Cl. The summed E-state index contributed by atoms with van der Waals surface area (Å²) in [6.07, 6.45) is 0. The fourth-order valence-electron chi connectivity index (χ4n) is 2.88. The van der Waals surface area contributed by atoms with Crippen molar-refractivity contribution in [2.45, 2.75) is 6.61 Å². The third-order valence-electron chi connectivity index (χ3n) is 4.56. The minimum atomic E-state index is -0.814. The lowest BCUT2D eigenvalue weighted by Crippen LogP contribution is -2.21. The molecule has 182 valence electrons. The summed E-state index contributed by atoms with van der Waals surface area (Å²) in [4.78, 5) is 35.0. The zero-order valence-corrected chi connectivity index (χ0v) is 20.3. The van der Waals surface area contributed by atoms with Crippen LogP contribution in [0, 0.1) is 10.1 Å². The van der Waals surface area contributed by atoms with Gasteiger partial charge in [0.25, 0.3) is 11.6 Å². The first-order valence-electron chi connectivity index (χ1n) is 9.83. The number of nitro benzene ring substituents is 1. The molecule has 0 saturated heterocycles. The second-order valence-electron chi connectivity index (χ2n) is 6.93. The van der Waals surface area contributed by atoms with E-state index < -0.39 is 23.4 Å². The summed E-state index contributed by atoms with van der Waals surface area (Å²) < 4.78 is 16.0. The number of rotatable bonds is 9. The number of esters is 1. The van der Waals surface area contributed by atoms with Gasteiger partial charge in [-0.05, 0) is 42.5 Å². The van der Waals surface area contributed by atoms with Crippen LogP contribution in [0.1, 0.15) is 15.9 Å². The smallest absolute Gasteiger partial charge is 0.338 e. The maximum Gasteiger partial charge on any atom is 0.338 e. The van der Waals surface area contributed by atoms with Gasteiger partial charge in [0.2, 0.25) is 0 Å². The van der Waals surface area contributed by atoms with E-state index in [4.69, 9.17) is 49.0 Å². The Hall–Kier alpha value is -3.53. The molecule has 0 unspecified atom stereocenters. The van der Waals surface area contributed by atoms with E-state index in [0.29, 0.717) is 21.4 Å². The average molecular weight is 540 g/mol. The van der Waals surface area contributed by atoms with Crippen molar-refractivity contribution in [1.82, 2.24) is 0 Å². The summed E-state index contributed by atoms with van der Waals surface area (Å²) in [6.45, 7) is -0.551. The molecule has 0 aliphatic heterocycles. The topological polar surface area (TPSA) is 117 Å². The lowest BCUT2D eigenvalue weighted by molar-refractivity contribution is -0.383. The highest BCUT2D eigenvalue weighted by molar-refractivity contribution is 6.35. The molecule has 0 radical (unpaired) electrons. The summed E-state index contributed by atoms with van der Waals surface area (Å²) in [6, 6.07) is 13.0. The molecule has 12 heteroatoms. The van der Waals surface area contributed by atoms with Crippen LogP contribution in [0.25, 0.3) is 0 Å². The van der Waals surface area contributed by atoms with Crippen molar-refractivity contribution in [3.63, 3.8) is 0 Å². The zero-order valence-electron chi connectivity index (χ0n) is 18.0. The van der Waals surface area contributed by atoms with Crippen molar-refractivity contribution in [2.24, 2.45) is 0 Å². The molecule has 0 saturated carbocycles. The van der Waals surface area contributed by atoms with E-state index in [1.54, 1.807) is 18.2 Å². The van der Waals surface area contributed by atoms with E-state index in [9.17, 15) is 19.7 Å². The van der Waals surface area contributed by atoms with E-state index in [1.807, 2.05) is 0 Å². The maximum atomic E-state index is 12.4. The first-order valence-corrected chi connectivity index (χ1v) is 11.0. The monoisotopic (exact) mass is 538 g/mol. The number of nitrogens with one attached hydrogen (secondary N) is 1. The number of nitrogens with zero attached hydrogens (tertiary/aromatic N) is 1. The van der Waals surface area contributed by atoms with Crippen LogP contribution in [0.15, 0.2) is 54.6 Å². The highest BCUT2D eigenvalue weighted by Gasteiger charge is 2.18. The number of carbonyl (C=O) groups excluding carboxylic acids is 2. The first kappa shape index (κ1) is 26.1. The quantitative estimate of drug-likeness (QED) is 0.203. The van der Waals surface area contributed by atoms with Gasteiger partial charge in [0, 0.05) is 26.7 Å². The number of amides is 1. The number of nitro groups is 1. The van der Waals surface area contributed by atoms with E-state index in [2.05, 4.69) is 5.32 Å². The van der Waals surface area contributed by atoms with Crippen LogP contribution in [0.2, 0.25) is 15.1 Å². The highest BCUT2D eigenvalue weighted by atomic mass is 35.5. The number of anilines is 1. The Morgan fingerprint density at radius 3 is 2.37 bits per heavy atom. The Morgan fingerprint density at radius 1 is 0.971 bits per heavy atom. The number of benzene rings is 3. The normalized spacial score (nSPS) is 10.4. The minimum Gasteiger partial charge on any atom is -0.493 e. The Bertz CT molecular complexity index is 1280. The fraction of sp³-hybridized carbons (Fsp3) is 0.130. The van der Waals surface area contributed by atoms with Crippen LogP contribution < -0.4 is 14.8 Å². The summed E-state index contributed by atoms with van der Waals surface area (Å²) in [5, 5.41) is 14.5. The fourth-order valence-corrected chi connectivity index (χ4v) is 3.51. The number of hydrogen-bond acceptors (Lipinski definition) is 7. The van der Waals surface area contributed by atoms with Crippen LogP contribution in [0.5, 0.6) is 11.5 Å². The molecular weight excluding hydrogens is 523 g/mol. The van der Waals surface area contributed by atoms with Crippen molar-refractivity contribution < 1.29 is 28.7 Å². The van der Waals surface area contributed by atoms with Gasteiger partial charge in [-0.1, -0.05) is 40.9 Å². The van der Waals surface area contributed by atoms with Crippen LogP contribution in [-0.2, 0) is 16.1 Å². The Balaban J connectivity index is 1.62. The number of hydrogen-bond donors (Lipinski definition) is 1. The third kappa shape index (κ3) is 6.98. The second kappa shape index (κ2) is 11.7. The van der Waals surface area contributed by atoms with Gasteiger partial charge in [0.1, 0.15) is 12.3 Å². The highest BCUT2D eigenvalue weighted by Crippen LogP contribution is 2.31. The molecule has 9 nitrogen and oxygen atoms in total. The summed E-state index contributed by atoms with van der Waals surface area (Å²) in [5.41, 5.74) is 0.328. The molecule has 0 heterocycles. The molecule has 0 bridgehead atoms. The third-order valence-corrected chi connectivity index (χ3v) is 5.38. The van der Waals surface area contributed by atoms with E-state index in [1.165, 1.54) is 37.4 Å². The van der Waals surface area contributed by atoms with Gasteiger partial charge in [-0.3, -0.25) is 14.9 Å². The van der Waals surface area contributed by atoms with Gasteiger partial charge < -0.3 is 19.5 Å². The molecule has 0 fully saturated rings. The maximum absolute atomic E-state index is 12.4. The number of methoxy groups -OCH3 is 1. The van der Waals surface area contributed by atoms with Gasteiger partial charge in [0.05, 0.1) is 17.6 Å². The molecule has 0 spiro atoms. The molecule has 3 aromatic rings. The van der Waals surface area contributed by atoms with Gasteiger partial charge in [-0.15, -0.1) is 0 Å².